The number of hydrogen-bond acceptors (Lipinski definition) is 2. The predicted octanol–water partition coefficient (Wildman–Crippen LogP) is 1.42. The van der Waals surface area contributed by atoms with Crippen molar-refractivity contribution in [2.24, 2.45) is 5.92 Å². The normalized spacial score (nSPS) is 36.5. The molecule has 2 unspecified atom stereocenters. The lowest BCUT2D eigenvalue weighted by Gasteiger charge is -2.35. The van der Waals surface area contributed by atoms with Gasteiger partial charge in [0.1, 0.15) is 0 Å². The van der Waals surface area contributed by atoms with Crippen LogP contribution in [-0.2, 0) is 0 Å². The molecule has 76 valence electrons. The molecular formula is C11H22N2. The van der Waals surface area contributed by atoms with Gasteiger partial charge < -0.3 is 4.90 Å². The minimum Gasteiger partial charge on any atom is -0.304 e. The number of piperazine rings is 1. The third-order valence-corrected chi connectivity index (χ3v) is 3.60. The van der Waals surface area contributed by atoms with Crippen molar-refractivity contribution in [3.8, 4) is 0 Å². The standard InChI is InChI=1S/C11H22N2/c1-3-4-10-7-11-9-12(2)5-6-13(11)8-10/h10-11H,3-9H2,1-2H3. The second-order valence-electron chi connectivity index (χ2n) is 4.80. The molecule has 0 saturated carbocycles. The maximum absolute atomic E-state index is 2.71. The summed E-state index contributed by atoms with van der Waals surface area (Å²) >= 11 is 0. The zero-order chi connectivity index (χ0) is 9.26. The van der Waals surface area contributed by atoms with E-state index in [1.54, 1.807) is 0 Å². The summed E-state index contributed by atoms with van der Waals surface area (Å²) in [6, 6.07) is 0.885. The fourth-order valence-electron chi connectivity index (χ4n) is 2.92. The molecule has 2 fully saturated rings. The lowest BCUT2D eigenvalue weighted by molar-refractivity contribution is 0.124. The molecule has 0 radical (unpaired) electrons. The fraction of sp³-hybridized carbons (Fsp3) is 1.00. The van der Waals surface area contributed by atoms with E-state index >= 15 is 0 Å². The Morgan fingerprint density at radius 3 is 2.85 bits per heavy atom. The Hall–Kier alpha value is -0.0800. The van der Waals surface area contributed by atoms with E-state index in [9.17, 15) is 0 Å². The molecule has 2 rings (SSSR count). The van der Waals surface area contributed by atoms with E-state index in [0.29, 0.717) is 0 Å². The highest BCUT2D eigenvalue weighted by molar-refractivity contribution is 4.89. The molecule has 0 amide bonds. The SMILES string of the molecule is CCCC1CC2CN(C)CCN2C1. The van der Waals surface area contributed by atoms with Gasteiger partial charge in [-0.15, -0.1) is 0 Å². The maximum atomic E-state index is 2.71. The van der Waals surface area contributed by atoms with Gasteiger partial charge in [-0.1, -0.05) is 13.3 Å². The summed E-state index contributed by atoms with van der Waals surface area (Å²) in [6.07, 6.45) is 4.26. The maximum Gasteiger partial charge on any atom is 0.0226 e. The Balaban J connectivity index is 1.87. The largest absolute Gasteiger partial charge is 0.304 e. The molecule has 0 aromatic rings. The molecule has 0 spiro atoms. The molecule has 13 heavy (non-hydrogen) atoms. The average molecular weight is 182 g/mol. The Labute approximate surface area is 81.9 Å². The minimum absolute atomic E-state index is 0.885. The zero-order valence-corrected chi connectivity index (χ0v) is 9.00. The van der Waals surface area contributed by atoms with Crippen molar-refractivity contribution >= 4 is 0 Å². The molecule has 2 aliphatic rings. The summed E-state index contributed by atoms with van der Waals surface area (Å²) in [5.74, 6) is 1.00. The van der Waals surface area contributed by atoms with Gasteiger partial charge in [-0.2, -0.15) is 0 Å². The Morgan fingerprint density at radius 2 is 2.08 bits per heavy atom. The van der Waals surface area contributed by atoms with Gasteiger partial charge >= 0.3 is 0 Å². The Morgan fingerprint density at radius 1 is 1.23 bits per heavy atom. The van der Waals surface area contributed by atoms with Crippen molar-refractivity contribution in [3.63, 3.8) is 0 Å². The molecule has 2 aliphatic heterocycles. The van der Waals surface area contributed by atoms with E-state index < -0.39 is 0 Å². The molecule has 0 aliphatic carbocycles. The molecule has 2 heteroatoms. The van der Waals surface area contributed by atoms with Crippen LogP contribution in [0, 0.1) is 5.92 Å². The van der Waals surface area contributed by atoms with Crippen LogP contribution in [0.4, 0.5) is 0 Å². The highest BCUT2D eigenvalue weighted by Crippen LogP contribution is 2.28. The summed E-state index contributed by atoms with van der Waals surface area (Å²) in [5.41, 5.74) is 0. The van der Waals surface area contributed by atoms with Gasteiger partial charge in [0, 0.05) is 32.2 Å². The van der Waals surface area contributed by atoms with Crippen LogP contribution in [0.15, 0.2) is 0 Å². The molecule has 0 N–H and O–H groups in total. The first-order chi connectivity index (χ1) is 6.29. The first-order valence-corrected chi connectivity index (χ1v) is 5.72. The number of likely N-dealkylation sites (N-methyl/N-ethyl adjacent to an activating group) is 1. The average Bonchev–Trinajstić information content (AvgIpc) is 2.46. The molecule has 0 aromatic carbocycles. The number of nitrogens with zero attached hydrogens (tertiary/aromatic N) is 2. The van der Waals surface area contributed by atoms with Gasteiger partial charge in [-0.3, -0.25) is 4.90 Å². The van der Waals surface area contributed by atoms with Crippen LogP contribution in [0.25, 0.3) is 0 Å². The molecule has 2 saturated heterocycles. The van der Waals surface area contributed by atoms with E-state index in [0.717, 1.165) is 12.0 Å². The number of rotatable bonds is 2. The van der Waals surface area contributed by atoms with Crippen molar-refractivity contribution < 1.29 is 0 Å². The third kappa shape index (κ3) is 2.05. The van der Waals surface area contributed by atoms with Crippen LogP contribution in [0.2, 0.25) is 0 Å². The smallest absolute Gasteiger partial charge is 0.0226 e. The molecule has 0 bridgehead atoms. The van der Waals surface area contributed by atoms with Gasteiger partial charge in [-0.25, -0.2) is 0 Å². The third-order valence-electron chi connectivity index (χ3n) is 3.60. The Kier molecular flexibility index (Phi) is 2.89. The highest BCUT2D eigenvalue weighted by atomic mass is 15.3. The fourth-order valence-corrected chi connectivity index (χ4v) is 2.92. The van der Waals surface area contributed by atoms with Gasteiger partial charge in [0.05, 0.1) is 0 Å². The molecule has 2 nitrogen and oxygen atoms in total. The highest BCUT2D eigenvalue weighted by Gasteiger charge is 2.34. The summed E-state index contributed by atoms with van der Waals surface area (Å²) in [5, 5.41) is 0. The summed E-state index contributed by atoms with van der Waals surface area (Å²) in [6.45, 7) is 7.58. The second kappa shape index (κ2) is 3.97. The van der Waals surface area contributed by atoms with Crippen molar-refractivity contribution in [3.05, 3.63) is 0 Å². The van der Waals surface area contributed by atoms with Crippen molar-refractivity contribution in [2.45, 2.75) is 32.2 Å². The van der Waals surface area contributed by atoms with Gasteiger partial charge in [0.15, 0.2) is 0 Å². The first-order valence-electron chi connectivity index (χ1n) is 5.72. The number of fused-ring (bicyclic) bond motifs is 1. The van der Waals surface area contributed by atoms with E-state index in [2.05, 4.69) is 23.8 Å². The summed E-state index contributed by atoms with van der Waals surface area (Å²) < 4.78 is 0. The van der Waals surface area contributed by atoms with E-state index in [1.807, 2.05) is 0 Å². The summed E-state index contributed by atoms with van der Waals surface area (Å²) in [7, 11) is 2.25. The molecule has 2 atom stereocenters. The van der Waals surface area contributed by atoms with Crippen LogP contribution in [0.5, 0.6) is 0 Å². The van der Waals surface area contributed by atoms with Gasteiger partial charge in [0.25, 0.3) is 0 Å². The minimum atomic E-state index is 0.885. The lowest BCUT2D eigenvalue weighted by atomic mass is 10.0. The molecule has 2 heterocycles. The summed E-state index contributed by atoms with van der Waals surface area (Å²) in [4.78, 5) is 5.19. The van der Waals surface area contributed by atoms with Crippen molar-refractivity contribution in [1.29, 1.82) is 0 Å². The number of hydrogen-bond donors (Lipinski definition) is 0. The van der Waals surface area contributed by atoms with Crippen LogP contribution in [0.1, 0.15) is 26.2 Å². The van der Waals surface area contributed by atoms with Crippen LogP contribution >= 0.6 is 0 Å². The monoisotopic (exact) mass is 182 g/mol. The Bertz CT molecular complexity index is 169. The van der Waals surface area contributed by atoms with Crippen molar-refractivity contribution in [2.75, 3.05) is 33.2 Å². The van der Waals surface area contributed by atoms with Crippen LogP contribution in [-0.4, -0.2) is 49.1 Å². The van der Waals surface area contributed by atoms with Crippen LogP contribution < -0.4 is 0 Å². The topological polar surface area (TPSA) is 6.48 Å². The second-order valence-corrected chi connectivity index (χ2v) is 4.80. The lowest BCUT2D eigenvalue weighted by Crippen LogP contribution is -2.48. The van der Waals surface area contributed by atoms with Gasteiger partial charge in [0.2, 0.25) is 0 Å². The van der Waals surface area contributed by atoms with E-state index in [-0.39, 0.29) is 0 Å². The quantitative estimate of drug-likeness (QED) is 0.637. The first kappa shape index (κ1) is 9.47. The van der Waals surface area contributed by atoms with Crippen molar-refractivity contribution in [1.82, 2.24) is 9.80 Å². The van der Waals surface area contributed by atoms with E-state index in [4.69, 9.17) is 0 Å². The molecule has 0 aromatic heterocycles. The zero-order valence-electron chi connectivity index (χ0n) is 9.00. The predicted molar refractivity (Wildman–Crippen MR) is 55.9 cm³/mol. The molecular weight excluding hydrogens is 160 g/mol. The van der Waals surface area contributed by atoms with Crippen LogP contribution in [0.3, 0.4) is 0 Å². The van der Waals surface area contributed by atoms with E-state index in [1.165, 1.54) is 45.4 Å². The van der Waals surface area contributed by atoms with Gasteiger partial charge in [-0.05, 0) is 25.8 Å².